The predicted octanol–water partition coefficient (Wildman–Crippen LogP) is 2.83. The minimum atomic E-state index is -3.46. The highest BCUT2D eigenvalue weighted by Crippen LogP contribution is 2.29. The molecule has 6 heteroatoms. The van der Waals surface area contributed by atoms with Crippen molar-refractivity contribution in [3.63, 3.8) is 0 Å². The molecule has 0 unspecified atom stereocenters. The summed E-state index contributed by atoms with van der Waals surface area (Å²) in [6.07, 6.45) is 6.42. The fourth-order valence-corrected chi connectivity index (χ4v) is 5.54. The minimum Gasteiger partial charge on any atom is -0.346 e. The molecular weight excluding hydrogens is 348 g/mol. The number of sulfonamides is 1. The SMILES string of the molecule is CCCCN(C)C(=O)C1CCN(S(=O)(=O)c2ccc3c(c2)CCC3)CC1. The fourth-order valence-electron chi connectivity index (χ4n) is 4.02. The smallest absolute Gasteiger partial charge is 0.243 e. The van der Waals surface area contributed by atoms with Crippen molar-refractivity contribution in [1.82, 2.24) is 9.21 Å². The van der Waals surface area contributed by atoms with Gasteiger partial charge in [0.15, 0.2) is 0 Å². The van der Waals surface area contributed by atoms with E-state index >= 15 is 0 Å². The van der Waals surface area contributed by atoms with E-state index in [2.05, 4.69) is 6.92 Å². The van der Waals surface area contributed by atoms with Crippen LogP contribution in [0.5, 0.6) is 0 Å². The lowest BCUT2D eigenvalue weighted by atomic mass is 9.96. The molecule has 1 amide bonds. The van der Waals surface area contributed by atoms with Gasteiger partial charge in [-0.2, -0.15) is 4.31 Å². The Labute approximate surface area is 157 Å². The second kappa shape index (κ2) is 8.09. The van der Waals surface area contributed by atoms with E-state index in [4.69, 9.17) is 0 Å². The van der Waals surface area contributed by atoms with Crippen LogP contribution in [0.15, 0.2) is 23.1 Å². The van der Waals surface area contributed by atoms with Crippen molar-refractivity contribution in [2.24, 2.45) is 5.92 Å². The molecule has 0 aromatic heterocycles. The molecule has 0 N–H and O–H groups in total. The standard InChI is InChI=1S/C20H30N2O3S/c1-3-4-12-21(2)20(23)17-10-13-22(14-11-17)26(24,25)19-9-8-16-6-5-7-18(16)15-19/h8-9,15,17H,3-7,10-14H2,1-2H3. The first-order chi connectivity index (χ1) is 12.4. The quantitative estimate of drug-likeness (QED) is 0.765. The largest absolute Gasteiger partial charge is 0.346 e. The molecule has 0 spiro atoms. The van der Waals surface area contributed by atoms with E-state index in [1.54, 1.807) is 15.3 Å². The molecule has 2 aliphatic rings. The molecule has 0 bridgehead atoms. The number of carbonyl (C=O) groups excluding carboxylic acids is 1. The average molecular weight is 379 g/mol. The lowest BCUT2D eigenvalue weighted by Gasteiger charge is -2.32. The number of unbranched alkanes of at least 4 members (excludes halogenated alkanes) is 1. The number of benzene rings is 1. The molecule has 1 fully saturated rings. The van der Waals surface area contributed by atoms with E-state index in [0.717, 1.165) is 38.6 Å². The third-order valence-electron chi connectivity index (χ3n) is 5.73. The molecular formula is C20H30N2O3S. The van der Waals surface area contributed by atoms with Crippen LogP contribution in [-0.4, -0.2) is 50.2 Å². The lowest BCUT2D eigenvalue weighted by molar-refractivity contribution is -0.135. The molecule has 1 aromatic carbocycles. The monoisotopic (exact) mass is 378 g/mol. The third-order valence-corrected chi connectivity index (χ3v) is 7.63. The minimum absolute atomic E-state index is 0.0525. The van der Waals surface area contributed by atoms with Crippen molar-refractivity contribution >= 4 is 15.9 Å². The topological polar surface area (TPSA) is 57.7 Å². The first-order valence-electron chi connectivity index (χ1n) is 9.80. The van der Waals surface area contributed by atoms with E-state index in [1.165, 1.54) is 11.1 Å². The Kier molecular flexibility index (Phi) is 6.03. The maximum absolute atomic E-state index is 13.0. The summed E-state index contributed by atoms with van der Waals surface area (Å²) < 4.78 is 27.5. The number of nitrogens with zero attached hydrogens (tertiary/aromatic N) is 2. The molecule has 0 saturated carbocycles. The van der Waals surface area contributed by atoms with E-state index in [1.807, 2.05) is 19.2 Å². The van der Waals surface area contributed by atoms with Gasteiger partial charge in [-0.05, 0) is 61.8 Å². The summed E-state index contributed by atoms with van der Waals surface area (Å²) in [6.45, 7) is 3.75. The van der Waals surface area contributed by atoms with Crippen LogP contribution in [0.2, 0.25) is 0 Å². The normalized spacial score (nSPS) is 18.7. The van der Waals surface area contributed by atoms with E-state index in [0.29, 0.717) is 30.8 Å². The van der Waals surface area contributed by atoms with Crippen LogP contribution < -0.4 is 0 Å². The van der Waals surface area contributed by atoms with Crippen LogP contribution in [0.4, 0.5) is 0 Å². The van der Waals surface area contributed by atoms with Crippen LogP contribution in [-0.2, 0) is 27.7 Å². The maximum atomic E-state index is 13.0. The molecule has 5 nitrogen and oxygen atoms in total. The van der Waals surface area contributed by atoms with E-state index < -0.39 is 10.0 Å². The van der Waals surface area contributed by atoms with Gasteiger partial charge in [-0.25, -0.2) is 8.42 Å². The summed E-state index contributed by atoms with van der Waals surface area (Å²) in [5.41, 5.74) is 2.46. The molecule has 0 atom stereocenters. The van der Waals surface area contributed by atoms with Crippen LogP contribution >= 0.6 is 0 Å². The fraction of sp³-hybridized carbons (Fsp3) is 0.650. The Morgan fingerprint density at radius 1 is 1.19 bits per heavy atom. The van der Waals surface area contributed by atoms with Gasteiger partial charge in [0.25, 0.3) is 0 Å². The summed E-state index contributed by atoms with van der Waals surface area (Å²) in [6, 6.07) is 5.57. The molecule has 1 saturated heterocycles. The molecule has 1 aliphatic carbocycles. The van der Waals surface area contributed by atoms with Crippen LogP contribution in [0.25, 0.3) is 0 Å². The Morgan fingerprint density at radius 2 is 1.88 bits per heavy atom. The zero-order valence-electron chi connectivity index (χ0n) is 15.9. The van der Waals surface area contributed by atoms with Crippen molar-refractivity contribution in [3.8, 4) is 0 Å². The average Bonchev–Trinajstić information content (AvgIpc) is 3.13. The number of carbonyl (C=O) groups is 1. The summed E-state index contributed by atoms with van der Waals surface area (Å²) in [5.74, 6) is 0.108. The number of rotatable bonds is 6. The van der Waals surface area contributed by atoms with Gasteiger partial charge in [0.2, 0.25) is 15.9 Å². The van der Waals surface area contributed by atoms with Crippen molar-refractivity contribution in [2.75, 3.05) is 26.7 Å². The molecule has 1 aromatic rings. The van der Waals surface area contributed by atoms with Crippen molar-refractivity contribution in [2.45, 2.75) is 56.8 Å². The summed E-state index contributed by atoms with van der Waals surface area (Å²) in [5, 5.41) is 0. The molecule has 3 rings (SSSR count). The maximum Gasteiger partial charge on any atom is 0.243 e. The highest BCUT2D eigenvalue weighted by Gasteiger charge is 2.33. The molecule has 0 radical (unpaired) electrons. The van der Waals surface area contributed by atoms with Crippen LogP contribution in [0, 0.1) is 5.92 Å². The second-order valence-electron chi connectivity index (χ2n) is 7.58. The summed E-state index contributed by atoms with van der Waals surface area (Å²) >= 11 is 0. The number of hydrogen-bond acceptors (Lipinski definition) is 3. The molecule has 1 aliphatic heterocycles. The summed E-state index contributed by atoms with van der Waals surface area (Å²) in [4.78, 5) is 14.7. The number of aryl methyl sites for hydroxylation is 2. The van der Waals surface area contributed by atoms with E-state index in [9.17, 15) is 13.2 Å². The first-order valence-corrected chi connectivity index (χ1v) is 11.2. The van der Waals surface area contributed by atoms with Gasteiger partial charge >= 0.3 is 0 Å². The van der Waals surface area contributed by atoms with Gasteiger partial charge in [-0.3, -0.25) is 4.79 Å². The van der Waals surface area contributed by atoms with Gasteiger partial charge in [0.1, 0.15) is 0 Å². The first kappa shape index (κ1) is 19.4. The Balaban J connectivity index is 1.63. The molecule has 26 heavy (non-hydrogen) atoms. The van der Waals surface area contributed by atoms with Gasteiger partial charge in [-0.1, -0.05) is 19.4 Å². The molecule has 1 heterocycles. The Morgan fingerprint density at radius 3 is 2.58 bits per heavy atom. The summed E-state index contributed by atoms with van der Waals surface area (Å²) in [7, 11) is -1.61. The van der Waals surface area contributed by atoms with Gasteiger partial charge in [-0.15, -0.1) is 0 Å². The van der Waals surface area contributed by atoms with Gasteiger partial charge in [0, 0.05) is 32.6 Å². The molecule has 144 valence electrons. The predicted molar refractivity (Wildman–Crippen MR) is 102 cm³/mol. The highest BCUT2D eigenvalue weighted by molar-refractivity contribution is 7.89. The van der Waals surface area contributed by atoms with E-state index in [-0.39, 0.29) is 11.8 Å². The van der Waals surface area contributed by atoms with Gasteiger partial charge < -0.3 is 4.90 Å². The van der Waals surface area contributed by atoms with Gasteiger partial charge in [0.05, 0.1) is 4.90 Å². The number of amides is 1. The van der Waals surface area contributed by atoms with Crippen molar-refractivity contribution in [3.05, 3.63) is 29.3 Å². The zero-order chi connectivity index (χ0) is 18.7. The third kappa shape index (κ3) is 3.96. The number of hydrogen-bond donors (Lipinski definition) is 0. The number of fused-ring (bicyclic) bond motifs is 1. The Bertz CT molecular complexity index is 752. The van der Waals surface area contributed by atoms with Crippen LogP contribution in [0.1, 0.15) is 50.2 Å². The van der Waals surface area contributed by atoms with Crippen molar-refractivity contribution < 1.29 is 13.2 Å². The Hall–Kier alpha value is -1.40. The number of piperidine rings is 1. The second-order valence-corrected chi connectivity index (χ2v) is 9.51. The lowest BCUT2D eigenvalue weighted by Crippen LogP contribution is -2.43. The zero-order valence-corrected chi connectivity index (χ0v) is 16.7. The van der Waals surface area contributed by atoms with Crippen molar-refractivity contribution in [1.29, 1.82) is 0 Å². The van der Waals surface area contributed by atoms with Crippen LogP contribution in [0.3, 0.4) is 0 Å². The highest BCUT2D eigenvalue weighted by atomic mass is 32.2.